The fourth-order valence-electron chi connectivity index (χ4n) is 1.17. The van der Waals surface area contributed by atoms with Gasteiger partial charge in [0, 0.05) is 0 Å². The molecule has 0 aliphatic rings. The van der Waals surface area contributed by atoms with E-state index in [-0.39, 0.29) is 0 Å². The van der Waals surface area contributed by atoms with Crippen LogP contribution in [0.3, 0.4) is 0 Å². The first-order valence-electron chi connectivity index (χ1n) is 4.49. The van der Waals surface area contributed by atoms with Crippen molar-refractivity contribution >= 4 is 11.9 Å². The summed E-state index contributed by atoms with van der Waals surface area (Å²) in [6.45, 7) is 0. The van der Waals surface area contributed by atoms with E-state index in [2.05, 4.69) is 0 Å². The molecule has 1 atom stereocenters. The first-order chi connectivity index (χ1) is 7.09. The molecule has 1 aromatic rings. The molecule has 0 aromatic heterocycles. The van der Waals surface area contributed by atoms with E-state index >= 15 is 0 Å². The van der Waals surface area contributed by atoms with Crippen molar-refractivity contribution in [1.29, 1.82) is 0 Å². The van der Waals surface area contributed by atoms with Gasteiger partial charge in [-0.1, -0.05) is 30.3 Å². The van der Waals surface area contributed by atoms with E-state index in [0.717, 1.165) is 5.56 Å². The zero-order valence-corrected chi connectivity index (χ0v) is 8.14. The lowest BCUT2D eigenvalue weighted by Gasteiger charge is -2.09. The summed E-state index contributed by atoms with van der Waals surface area (Å²) in [5.74, 6) is -0.564. The monoisotopic (exact) mass is 207 g/mol. The van der Waals surface area contributed by atoms with Gasteiger partial charge in [-0.2, -0.15) is 0 Å². The van der Waals surface area contributed by atoms with E-state index < -0.39 is 18.0 Å². The maximum absolute atomic E-state index is 11.2. The number of nitrogens with two attached hydrogens (primary N) is 2. The van der Waals surface area contributed by atoms with Crippen LogP contribution in [0.4, 0.5) is 4.79 Å². The molecule has 0 saturated heterocycles. The van der Waals surface area contributed by atoms with E-state index in [4.69, 9.17) is 11.5 Å². The van der Waals surface area contributed by atoms with Crippen molar-refractivity contribution in [3.8, 4) is 0 Å². The number of nitrogens with one attached hydrogen (secondary N) is 1. The molecule has 0 heterocycles. The summed E-state index contributed by atoms with van der Waals surface area (Å²) in [4.78, 5) is 21.6. The van der Waals surface area contributed by atoms with E-state index in [1.165, 1.54) is 0 Å². The zero-order valence-electron chi connectivity index (χ0n) is 8.14. The van der Waals surface area contributed by atoms with Gasteiger partial charge in [-0.05, 0) is 12.0 Å². The maximum Gasteiger partial charge on any atom is 0.318 e. The molecule has 0 aliphatic heterocycles. The molecule has 15 heavy (non-hydrogen) atoms. The summed E-state index contributed by atoms with van der Waals surface area (Å²) in [5, 5.41) is 1.94. The number of hydrogen-bond donors (Lipinski definition) is 3. The highest BCUT2D eigenvalue weighted by Crippen LogP contribution is 2.01. The average Bonchev–Trinajstić information content (AvgIpc) is 2.18. The van der Waals surface area contributed by atoms with Gasteiger partial charge in [0.2, 0.25) is 5.91 Å². The van der Waals surface area contributed by atoms with Crippen molar-refractivity contribution < 1.29 is 9.59 Å². The highest BCUT2D eigenvalue weighted by Gasteiger charge is 2.14. The summed E-state index contributed by atoms with van der Waals surface area (Å²) in [6.07, 6.45) is 0.375. The highest BCUT2D eigenvalue weighted by molar-refractivity contribution is 5.96. The van der Waals surface area contributed by atoms with Gasteiger partial charge in [0.25, 0.3) is 0 Å². The number of carbonyl (C=O) groups is 2. The molecule has 0 spiro atoms. The van der Waals surface area contributed by atoms with Gasteiger partial charge in [0.05, 0.1) is 6.04 Å². The Morgan fingerprint density at radius 3 is 2.40 bits per heavy atom. The lowest BCUT2D eigenvalue weighted by molar-refractivity contribution is -0.121. The smallest absolute Gasteiger partial charge is 0.318 e. The number of primary amides is 1. The van der Waals surface area contributed by atoms with Crippen LogP contribution in [-0.2, 0) is 11.2 Å². The van der Waals surface area contributed by atoms with Gasteiger partial charge in [-0.15, -0.1) is 0 Å². The molecule has 0 aliphatic carbocycles. The minimum atomic E-state index is -0.886. The van der Waals surface area contributed by atoms with E-state index in [0.29, 0.717) is 6.42 Å². The number of hydrogen-bond acceptors (Lipinski definition) is 3. The van der Waals surface area contributed by atoms with Crippen molar-refractivity contribution in [3.63, 3.8) is 0 Å². The van der Waals surface area contributed by atoms with Gasteiger partial charge in [0.15, 0.2) is 0 Å². The Morgan fingerprint density at radius 2 is 1.87 bits per heavy atom. The molecule has 3 amide bonds. The summed E-state index contributed by atoms with van der Waals surface area (Å²) in [6, 6.07) is 7.65. The molecule has 0 unspecified atom stereocenters. The Bertz CT molecular complexity index is 351. The van der Waals surface area contributed by atoms with Crippen molar-refractivity contribution in [2.75, 3.05) is 0 Å². The van der Waals surface area contributed by atoms with Crippen LogP contribution in [0.2, 0.25) is 0 Å². The number of urea groups is 1. The summed E-state index contributed by atoms with van der Waals surface area (Å²) >= 11 is 0. The number of rotatable bonds is 3. The van der Waals surface area contributed by atoms with Crippen LogP contribution in [-0.4, -0.2) is 18.0 Å². The van der Waals surface area contributed by atoms with Crippen molar-refractivity contribution in [1.82, 2.24) is 5.32 Å². The average molecular weight is 207 g/mol. The molecule has 0 fully saturated rings. The van der Waals surface area contributed by atoms with Gasteiger partial charge < -0.3 is 11.5 Å². The largest absolute Gasteiger partial charge is 0.351 e. The van der Waals surface area contributed by atoms with Crippen molar-refractivity contribution in [2.45, 2.75) is 12.5 Å². The lowest BCUT2D eigenvalue weighted by atomic mass is 10.1. The molecule has 0 bridgehead atoms. The molecular weight excluding hydrogens is 194 g/mol. The first-order valence-corrected chi connectivity index (χ1v) is 4.49. The summed E-state index contributed by atoms with van der Waals surface area (Å²) < 4.78 is 0. The number of imide groups is 1. The standard InChI is InChI=1S/C10H13N3O2/c11-8(9(14)13-10(12)15)6-7-4-2-1-3-5-7/h1-5,8H,6,11H2,(H3,12,13,14,15)/t8-/m1/s1. The third-order valence-electron chi connectivity index (χ3n) is 1.88. The third kappa shape index (κ3) is 3.78. The topological polar surface area (TPSA) is 98.2 Å². The number of carbonyl (C=O) groups excluding carboxylic acids is 2. The Balaban J connectivity index is 2.52. The fraction of sp³-hybridized carbons (Fsp3) is 0.200. The van der Waals surface area contributed by atoms with E-state index in [9.17, 15) is 9.59 Å². The van der Waals surface area contributed by atoms with Crippen LogP contribution in [0, 0.1) is 0 Å². The molecule has 5 N–H and O–H groups in total. The van der Waals surface area contributed by atoms with Crippen LogP contribution in [0.5, 0.6) is 0 Å². The lowest BCUT2D eigenvalue weighted by Crippen LogP contribution is -2.46. The Morgan fingerprint density at radius 1 is 1.27 bits per heavy atom. The Kier molecular flexibility index (Phi) is 3.82. The summed E-state index contributed by atoms with van der Waals surface area (Å²) in [5.41, 5.74) is 11.3. The van der Waals surface area contributed by atoms with Gasteiger partial charge in [0.1, 0.15) is 0 Å². The van der Waals surface area contributed by atoms with Crippen molar-refractivity contribution in [2.24, 2.45) is 11.5 Å². The first kappa shape index (κ1) is 11.2. The quantitative estimate of drug-likeness (QED) is 0.637. The highest BCUT2D eigenvalue weighted by atomic mass is 16.2. The molecule has 1 rings (SSSR count). The molecule has 5 heteroatoms. The van der Waals surface area contributed by atoms with Crippen molar-refractivity contribution in [3.05, 3.63) is 35.9 Å². The molecule has 5 nitrogen and oxygen atoms in total. The fourth-order valence-corrected chi connectivity index (χ4v) is 1.17. The molecular formula is C10H13N3O2. The molecule has 0 radical (unpaired) electrons. The van der Waals surface area contributed by atoms with E-state index in [1.54, 1.807) is 0 Å². The molecule has 0 saturated carbocycles. The van der Waals surface area contributed by atoms with E-state index in [1.807, 2.05) is 35.6 Å². The summed E-state index contributed by atoms with van der Waals surface area (Å²) in [7, 11) is 0. The maximum atomic E-state index is 11.2. The van der Waals surface area contributed by atoms with Gasteiger partial charge in [-0.3, -0.25) is 10.1 Å². The molecule has 80 valence electrons. The predicted molar refractivity (Wildman–Crippen MR) is 55.8 cm³/mol. The minimum absolute atomic E-state index is 0.375. The van der Waals surface area contributed by atoms with Crippen LogP contribution in [0.25, 0.3) is 0 Å². The molecule has 1 aromatic carbocycles. The van der Waals surface area contributed by atoms with Gasteiger partial charge >= 0.3 is 6.03 Å². The second-order valence-corrected chi connectivity index (χ2v) is 3.15. The predicted octanol–water partition coefficient (Wildman–Crippen LogP) is -0.249. The zero-order chi connectivity index (χ0) is 11.3. The van der Waals surface area contributed by atoms with Crippen LogP contribution in [0.15, 0.2) is 30.3 Å². The van der Waals surface area contributed by atoms with Crippen LogP contribution < -0.4 is 16.8 Å². The minimum Gasteiger partial charge on any atom is -0.351 e. The van der Waals surface area contributed by atoms with Gasteiger partial charge in [-0.25, -0.2) is 4.79 Å². The Hall–Kier alpha value is -1.88. The van der Waals surface area contributed by atoms with Crippen LogP contribution in [0.1, 0.15) is 5.56 Å². The normalized spacial score (nSPS) is 11.8. The van der Waals surface area contributed by atoms with Crippen LogP contribution >= 0.6 is 0 Å². The second kappa shape index (κ2) is 5.11. The number of benzene rings is 1. The second-order valence-electron chi connectivity index (χ2n) is 3.15. The SMILES string of the molecule is NC(=O)NC(=O)[C@H](N)Cc1ccccc1. The third-order valence-corrected chi connectivity index (χ3v) is 1.88. The Labute approximate surface area is 87.4 Å². The number of amides is 3.